The largest absolute Gasteiger partial charge is 0.462 e. The van der Waals surface area contributed by atoms with E-state index >= 15 is 0 Å². The van der Waals surface area contributed by atoms with Gasteiger partial charge in [-0.1, -0.05) is 23.3 Å². The number of para-hydroxylation sites is 1. The lowest BCUT2D eigenvalue weighted by atomic mass is 10.1. The molecule has 206 valence electrons. The van der Waals surface area contributed by atoms with Gasteiger partial charge < -0.3 is 24.2 Å². The SMILES string of the molecule is CC(C)OC(=O)[C@H](C)NP(=O)(OC[C@@]1(N=[N+]=[N-])O[C@@H](N2C=CC(=O)CC2=O)[C@H](O)[C@@H]1O)Oc1ccccc1. The van der Waals surface area contributed by atoms with Crippen LogP contribution in [0.15, 0.2) is 47.7 Å². The number of benzene rings is 1. The van der Waals surface area contributed by atoms with Crippen molar-refractivity contribution >= 4 is 25.4 Å². The van der Waals surface area contributed by atoms with Crippen LogP contribution in [0.3, 0.4) is 0 Å². The van der Waals surface area contributed by atoms with Crippen LogP contribution in [0.4, 0.5) is 0 Å². The van der Waals surface area contributed by atoms with E-state index in [4.69, 9.17) is 24.1 Å². The first-order valence-electron chi connectivity index (χ1n) is 11.5. The average Bonchev–Trinajstić information content (AvgIpc) is 3.09. The highest BCUT2D eigenvalue weighted by atomic mass is 31.2. The Labute approximate surface area is 217 Å². The lowest BCUT2D eigenvalue weighted by molar-refractivity contribution is -0.159. The van der Waals surface area contributed by atoms with E-state index in [9.17, 15) is 29.2 Å². The van der Waals surface area contributed by atoms with Crippen molar-refractivity contribution in [2.45, 2.75) is 63.5 Å². The second-order valence-electron chi connectivity index (χ2n) is 8.75. The third kappa shape index (κ3) is 6.77. The van der Waals surface area contributed by atoms with Gasteiger partial charge in [-0.2, -0.15) is 5.09 Å². The third-order valence-electron chi connectivity index (χ3n) is 5.39. The van der Waals surface area contributed by atoms with Crippen LogP contribution >= 0.6 is 7.75 Å². The summed E-state index contributed by atoms with van der Waals surface area (Å²) < 4.78 is 35.4. The number of ether oxygens (including phenoxy) is 2. The van der Waals surface area contributed by atoms with Crippen LogP contribution in [0.1, 0.15) is 27.2 Å². The number of aliphatic hydroxyl groups is 2. The number of hydrogen-bond acceptors (Lipinski definition) is 11. The fourth-order valence-electron chi connectivity index (χ4n) is 3.58. The minimum absolute atomic E-state index is 0.0881. The van der Waals surface area contributed by atoms with Gasteiger partial charge in [-0.05, 0) is 44.5 Å². The summed E-state index contributed by atoms with van der Waals surface area (Å²) in [5.74, 6) is -1.88. The molecule has 16 heteroatoms. The molecular formula is C22H28N5O10P. The van der Waals surface area contributed by atoms with Crippen molar-refractivity contribution in [3.05, 3.63) is 53.1 Å². The molecule has 1 aromatic carbocycles. The zero-order valence-electron chi connectivity index (χ0n) is 20.7. The molecule has 15 nitrogen and oxygen atoms in total. The normalized spacial score (nSPS) is 27.5. The van der Waals surface area contributed by atoms with Crippen molar-refractivity contribution in [1.82, 2.24) is 9.99 Å². The zero-order valence-corrected chi connectivity index (χ0v) is 21.6. The molecule has 2 aliphatic rings. The van der Waals surface area contributed by atoms with Gasteiger partial charge in [0.1, 0.15) is 24.0 Å². The molecule has 1 unspecified atom stereocenters. The van der Waals surface area contributed by atoms with E-state index in [1.165, 1.54) is 19.1 Å². The van der Waals surface area contributed by atoms with Gasteiger partial charge >= 0.3 is 13.7 Å². The predicted molar refractivity (Wildman–Crippen MR) is 129 cm³/mol. The molecule has 0 saturated carbocycles. The van der Waals surface area contributed by atoms with Crippen molar-refractivity contribution in [3.63, 3.8) is 0 Å². The molecule has 3 N–H and O–H groups in total. The van der Waals surface area contributed by atoms with Crippen molar-refractivity contribution in [2.75, 3.05) is 6.61 Å². The Kier molecular flexibility index (Phi) is 9.28. The molecule has 1 fully saturated rings. The number of amides is 1. The lowest BCUT2D eigenvalue weighted by Crippen LogP contribution is -2.46. The highest BCUT2D eigenvalue weighted by molar-refractivity contribution is 7.52. The second kappa shape index (κ2) is 12.0. The number of allylic oxidation sites excluding steroid dienone is 1. The summed E-state index contributed by atoms with van der Waals surface area (Å²) in [4.78, 5) is 39.7. The summed E-state index contributed by atoms with van der Waals surface area (Å²) in [6.45, 7) is 3.67. The Morgan fingerprint density at radius 1 is 1.32 bits per heavy atom. The molecule has 1 aromatic rings. The van der Waals surface area contributed by atoms with Gasteiger partial charge in [-0.3, -0.25) is 23.8 Å². The molecular weight excluding hydrogens is 525 g/mol. The number of hydrogen-bond donors (Lipinski definition) is 3. The summed E-state index contributed by atoms with van der Waals surface area (Å²) >= 11 is 0. The maximum atomic E-state index is 13.7. The molecule has 3 rings (SSSR count). The summed E-state index contributed by atoms with van der Waals surface area (Å²) in [7, 11) is -4.48. The zero-order chi connectivity index (χ0) is 28.1. The van der Waals surface area contributed by atoms with Gasteiger partial charge in [0.2, 0.25) is 11.6 Å². The summed E-state index contributed by atoms with van der Waals surface area (Å²) in [6.07, 6.45) is -4.16. The van der Waals surface area contributed by atoms with Gasteiger partial charge in [-0.15, -0.1) is 0 Å². The minimum atomic E-state index is -4.48. The van der Waals surface area contributed by atoms with Gasteiger partial charge in [0, 0.05) is 11.1 Å². The smallest absolute Gasteiger partial charge is 0.459 e. The van der Waals surface area contributed by atoms with Crippen LogP contribution in [0.5, 0.6) is 5.75 Å². The Hall–Kier alpha value is -3.29. The molecule has 1 amide bonds. The van der Waals surface area contributed by atoms with Crippen molar-refractivity contribution in [3.8, 4) is 5.75 Å². The Morgan fingerprint density at radius 2 is 2.00 bits per heavy atom. The lowest BCUT2D eigenvalue weighted by Gasteiger charge is -2.31. The van der Waals surface area contributed by atoms with E-state index in [0.717, 1.165) is 17.2 Å². The number of esters is 1. The number of rotatable bonds is 11. The molecule has 0 bridgehead atoms. The first kappa shape index (κ1) is 29.3. The van der Waals surface area contributed by atoms with E-state index in [1.807, 2.05) is 0 Å². The Bertz CT molecular complexity index is 1170. The first-order valence-corrected chi connectivity index (χ1v) is 13.0. The quantitative estimate of drug-likeness (QED) is 0.0893. The third-order valence-corrected chi connectivity index (χ3v) is 7.02. The van der Waals surface area contributed by atoms with Gasteiger partial charge in [0.05, 0.1) is 19.1 Å². The van der Waals surface area contributed by atoms with Crippen molar-refractivity contribution in [1.29, 1.82) is 0 Å². The van der Waals surface area contributed by atoms with E-state index in [2.05, 4.69) is 15.1 Å². The van der Waals surface area contributed by atoms with E-state index in [-0.39, 0.29) is 5.75 Å². The van der Waals surface area contributed by atoms with Gasteiger partial charge in [-0.25, -0.2) is 4.57 Å². The molecule has 0 spiro atoms. The molecule has 38 heavy (non-hydrogen) atoms. The van der Waals surface area contributed by atoms with Crippen LogP contribution in [0.2, 0.25) is 0 Å². The molecule has 0 aromatic heterocycles. The summed E-state index contributed by atoms with van der Waals surface area (Å²) in [5, 5.41) is 27.2. The number of nitrogens with zero attached hydrogens (tertiary/aromatic N) is 4. The van der Waals surface area contributed by atoms with Crippen molar-refractivity contribution in [2.24, 2.45) is 5.11 Å². The number of nitrogens with one attached hydrogen (secondary N) is 1. The van der Waals surface area contributed by atoms with E-state index in [0.29, 0.717) is 0 Å². The Morgan fingerprint density at radius 3 is 2.61 bits per heavy atom. The minimum Gasteiger partial charge on any atom is -0.462 e. The number of ketones is 1. The number of azide groups is 1. The molecule has 2 aliphatic heterocycles. The van der Waals surface area contributed by atoms with Crippen LogP contribution in [0, 0.1) is 0 Å². The number of carbonyl (C=O) groups excluding carboxylic acids is 3. The molecule has 1 saturated heterocycles. The van der Waals surface area contributed by atoms with E-state index in [1.54, 1.807) is 32.0 Å². The van der Waals surface area contributed by atoms with Gasteiger partial charge in [0.25, 0.3) is 0 Å². The molecule has 6 atom stereocenters. The van der Waals surface area contributed by atoms with Crippen molar-refractivity contribution < 1.29 is 47.7 Å². The first-order chi connectivity index (χ1) is 17.9. The second-order valence-corrected chi connectivity index (χ2v) is 10.4. The maximum absolute atomic E-state index is 13.7. The topological polar surface area (TPSA) is 210 Å². The standard InChI is InChI=1S/C22H28N5O10P/c1-13(2)35-21(32)14(3)24-38(33,37-16-7-5-4-6-8-16)34-12-22(25-26-23)19(31)18(30)20(36-22)27-10-9-15(28)11-17(27)29/h4-10,13-14,18-20,30-31H,11-12H2,1-3H3,(H,24,33)/t14-,18+,19-,20+,22+,38?/m0/s1. The average molecular weight is 553 g/mol. The number of aliphatic hydroxyl groups excluding tert-OH is 2. The van der Waals surface area contributed by atoms with Crippen LogP contribution < -0.4 is 9.61 Å². The molecule has 2 heterocycles. The number of carbonyl (C=O) groups is 3. The molecule has 0 radical (unpaired) electrons. The molecule has 0 aliphatic carbocycles. The highest BCUT2D eigenvalue weighted by Gasteiger charge is 2.58. The van der Waals surface area contributed by atoms with E-state index < -0.39 is 74.7 Å². The highest BCUT2D eigenvalue weighted by Crippen LogP contribution is 2.47. The monoisotopic (exact) mass is 553 g/mol. The Balaban J connectivity index is 1.87. The maximum Gasteiger partial charge on any atom is 0.459 e. The summed E-state index contributed by atoms with van der Waals surface area (Å²) in [6, 6.07) is 6.61. The van der Waals surface area contributed by atoms with Crippen LogP contribution in [-0.2, 0) is 32.9 Å². The predicted octanol–water partition coefficient (Wildman–Crippen LogP) is 1.52. The fourth-order valence-corrected chi connectivity index (χ4v) is 5.10. The van der Waals surface area contributed by atoms with Gasteiger partial charge in [0.15, 0.2) is 12.0 Å². The van der Waals surface area contributed by atoms with Crippen LogP contribution in [-0.4, -0.2) is 75.7 Å². The fraction of sp³-hybridized carbons (Fsp3) is 0.500. The van der Waals surface area contributed by atoms with Crippen LogP contribution in [0.25, 0.3) is 10.4 Å². The summed E-state index contributed by atoms with van der Waals surface area (Å²) in [5.41, 5.74) is 6.78.